The van der Waals surface area contributed by atoms with Gasteiger partial charge in [-0.25, -0.2) is 0 Å². The van der Waals surface area contributed by atoms with E-state index in [9.17, 15) is 31.4 Å². The number of ether oxygens (including phenoxy) is 1. The number of aliphatic hydroxyl groups excluding tert-OH is 1. The number of hydrogen-bond donors (Lipinski definition) is 1. The van der Waals surface area contributed by atoms with Crippen molar-refractivity contribution in [3.63, 3.8) is 0 Å². The first-order valence-electron chi connectivity index (χ1n) is 7.28. The van der Waals surface area contributed by atoms with Gasteiger partial charge in [-0.05, 0) is 44.7 Å². The summed E-state index contributed by atoms with van der Waals surface area (Å²) in [6.07, 6.45) is -12.0. The minimum Gasteiger partial charge on any atom is -0.383 e. The Morgan fingerprint density at radius 1 is 0.955 bits per heavy atom. The number of alkyl halides is 6. The summed E-state index contributed by atoms with van der Waals surface area (Å²) in [6.45, 7) is 0.0319. The third-order valence-corrected chi connectivity index (χ3v) is 4.40. The van der Waals surface area contributed by atoms with Gasteiger partial charge in [0, 0.05) is 6.61 Å². The fourth-order valence-corrected chi connectivity index (χ4v) is 3.29. The average Bonchev–Trinajstić information content (AvgIpc) is 2.90. The standard InChI is InChI=1S/C13H19F6NO2/c14-12(15,16)10(9-2-1-7-22-9)20-5-3-8(4-6-20)11(21)13(17,18)19/h8-11,21H,1-7H2. The molecule has 0 saturated carbocycles. The summed E-state index contributed by atoms with van der Waals surface area (Å²) < 4.78 is 82.3. The Labute approximate surface area is 124 Å². The Morgan fingerprint density at radius 2 is 1.55 bits per heavy atom. The van der Waals surface area contributed by atoms with Crippen LogP contribution in [0.4, 0.5) is 26.3 Å². The first-order valence-corrected chi connectivity index (χ1v) is 7.28. The van der Waals surface area contributed by atoms with Crippen molar-refractivity contribution in [3.8, 4) is 0 Å². The topological polar surface area (TPSA) is 32.7 Å². The van der Waals surface area contributed by atoms with Crippen LogP contribution in [0.1, 0.15) is 25.7 Å². The number of nitrogens with zero attached hydrogens (tertiary/aromatic N) is 1. The van der Waals surface area contributed by atoms with Gasteiger partial charge < -0.3 is 9.84 Å². The predicted octanol–water partition coefficient (Wildman–Crippen LogP) is 2.73. The first kappa shape index (κ1) is 17.8. The molecule has 0 aliphatic carbocycles. The van der Waals surface area contributed by atoms with Gasteiger partial charge in [0.05, 0.1) is 6.10 Å². The molecule has 9 heteroatoms. The highest BCUT2D eigenvalue weighted by atomic mass is 19.4. The van der Waals surface area contributed by atoms with Crippen molar-refractivity contribution in [3.05, 3.63) is 0 Å². The zero-order chi connectivity index (χ0) is 16.5. The van der Waals surface area contributed by atoms with Crippen LogP contribution in [0.3, 0.4) is 0 Å². The lowest BCUT2D eigenvalue weighted by atomic mass is 9.89. The lowest BCUT2D eigenvalue weighted by Gasteiger charge is -2.41. The van der Waals surface area contributed by atoms with Gasteiger partial charge in [0.15, 0.2) is 6.10 Å². The molecule has 3 atom stereocenters. The second kappa shape index (κ2) is 6.52. The molecular weight excluding hydrogens is 316 g/mol. The summed E-state index contributed by atoms with van der Waals surface area (Å²) in [7, 11) is 0. The summed E-state index contributed by atoms with van der Waals surface area (Å²) in [5.41, 5.74) is 0. The van der Waals surface area contributed by atoms with E-state index in [1.54, 1.807) is 0 Å². The monoisotopic (exact) mass is 335 g/mol. The van der Waals surface area contributed by atoms with E-state index in [0.717, 1.165) is 4.90 Å². The molecule has 0 radical (unpaired) electrons. The summed E-state index contributed by atoms with van der Waals surface area (Å²) >= 11 is 0. The molecule has 2 saturated heterocycles. The van der Waals surface area contributed by atoms with Crippen molar-refractivity contribution in [2.24, 2.45) is 5.92 Å². The van der Waals surface area contributed by atoms with E-state index >= 15 is 0 Å². The van der Waals surface area contributed by atoms with Crippen LogP contribution in [0.2, 0.25) is 0 Å². The molecule has 0 aromatic heterocycles. The minimum absolute atomic E-state index is 0.111. The van der Waals surface area contributed by atoms with E-state index in [0.29, 0.717) is 12.8 Å². The Balaban J connectivity index is 1.99. The van der Waals surface area contributed by atoms with Gasteiger partial charge in [-0.3, -0.25) is 4.90 Å². The minimum atomic E-state index is -4.73. The fourth-order valence-electron chi connectivity index (χ4n) is 3.29. The first-order chi connectivity index (χ1) is 10.1. The fraction of sp³-hybridized carbons (Fsp3) is 1.00. The summed E-state index contributed by atoms with van der Waals surface area (Å²) in [5, 5.41) is 9.22. The molecule has 22 heavy (non-hydrogen) atoms. The molecule has 2 aliphatic heterocycles. The number of halogens is 6. The molecule has 3 nitrogen and oxygen atoms in total. The Morgan fingerprint density at radius 3 is 1.95 bits per heavy atom. The van der Waals surface area contributed by atoms with Crippen molar-refractivity contribution >= 4 is 0 Å². The Bertz CT molecular complexity index is 359. The van der Waals surface area contributed by atoms with Crippen LogP contribution >= 0.6 is 0 Å². The number of likely N-dealkylation sites (tertiary alicyclic amines) is 1. The van der Waals surface area contributed by atoms with Crippen LogP contribution in [-0.4, -0.2) is 60.3 Å². The lowest BCUT2D eigenvalue weighted by molar-refractivity contribution is -0.233. The van der Waals surface area contributed by atoms with Gasteiger partial charge in [-0.1, -0.05) is 0 Å². The number of rotatable bonds is 3. The molecule has 1 N–H and O–H groups in total. The normalized spacial score (nSPS) is 28.8. The maximum absolute atomic E-state index is 13.3. The van der Waals surface area contributed by atoms with E-state index in [1.807, 2.05) is 0 Å². The highest BCUT2D eigenvalue weighted by Gasteiger charge is 2.51. The predicted molar refractivity (Wildman–Crippen MR) is 65.2 cm³/mol. The molecule has 0 aromatic carbocycles. The van der Waals surface area contributed by atoms with Crippen LogP contribution in [0.25, 0.3) is 0 Å². The SMILES string of the molecule is OC(C1CCN(C(C2CCCO2)C(F)(F)F)CC1)C(F)(F)F. The molecule has 130 valence electrons. The molecule has 0 bridgehead atoms. The van der Waals surface area contributed by atoms with Crippen LogP contribution in [-0.2, 0) is 4.74 Å². The van der Waals surface area contributed by atoms with Crippen LogP contribution in [0.5, 0.6) is 0 Å². The zero-order valence-electron chi connectivity index (χ0n) is 11.8. The van der Waals surface area contributed by atoms with E-state index < -0.39 is 36.5 Å². The molecule has 2 fully saturated rings. The lowest BCUT2D eigenvalue weighted by Crippen LogP contribution is -2.56. The summed E-state index contributed by atoms with van der Waals surface area (Å²) in [6, 6.07) is -1.78. The van der Waals surface area contributed by atoms with Crippen molar-refractivity contribution in [1.29, 1.82) is 0 Å². The van der Waals surface area contributed by atoms with Gasteiger partial charge in [-0.2, -0.15) is 26.3 Å². The van der Waals surface area contributed by atoms with Crippen molar-refractivity contribution in [2.45, 2.75) is 56.3 Å². The molecule has 0 amide bonds. The van der Waals surface area contributed by atoms with Gasteiger partial charge in [0.25, 0.3) is 0 Å². The molecule has 0 spiro atoms. The van der Waals surface area contributed by atoms with E-state index in [2.05, 4.69) is 0 Å². The smallest absolute Gasteiger partial charge is 0.383 e. The van der Waals surface area contributed by atoms with Gasteiger partial charge in [0.1, 0.15) is 6.04 Å². The van der Waals surface area contributed by atoms with Gasteiger partial charge in [0.2, 0.25) is 0 Å². The van der Waals surface area contributed by atoms with Crippen LogP contribution in [0.15, 0.2) is 0 Å². The molecule has 0 aromatic rings. The molecule has 2 aliphatic rings. The van der Waals surface area contributed by atoms with Crippen molar-refractivity contribution < 1.29 is 36.2 Å². The second-order valence-corrected chi connectivity index (χ2v) is 5.90. The van der Waals surface area contributed by atoms with Crippen LogP contribution < -0.4 is 0 Å². The maximum Gasteiger partial charge on any atom is 0.414 e. The second-order valence-electron chi connectivity index (χ2n) is 5.90. The molecule has 2 rings (SSSR count). The Hall–Kier alpha value is -0.540. The van der Waals surface area contributed by atoms with Gasteiger partial charge in [-0.15, -0.1) is 0 Å². The van der Waals surface area contributed by atoms with Crippen molar-refractivity contribution in [2.75, 3.05) is 19.7 Å². The van der Waals surface area contributed by atoms with E-state index in [1.165, 1.54) is 0 Å². The van der Waals surface area contributed by atoms with Gasteiger partial charge >= 0.3 is 12.4 Å². The zero-order valence-corrected chi connectivity index (χ0v) is 11.8. The number of hydrogen-bond acceptors (Lipinski definition) is 3. The largest absolute Gasteiger partial charge is 0.414 e. The summed E-state index contributed by atoms with van der Waals surface area (Å²) in [4.78, 5) is 1.15. The third-order valence-electron chi connectivity index (χ3n) is 4.40. The number of aliphatic hydroxyl groups is 1. The van der Waals surface area contributed by atoms with E-state index in [-0.39, 0.29) is 32.5 Å². The van der Waals surface area contributed by atoms with E-state index in [4.69, 9.17) is 4.74 Å². The quantitative estimate of drug-likeness (QED) is 0.805. The summed E-state index contributed by atoms with van der Waals surface area (Å²) in [5.74, 6) is -1.05. The molecule has 2 heterocycles. The third kappa shape index (κ3) is 4.05. The Kier molecular flexibility index (Phi) is 5.28. The average molecular weight is 335 g/mol. The molecular formula is C13H19F6NO2. The number of piperidine rings is 1. The maximum atomic E-state index is 13.3. The highest BCUT2D eigenvalue weighted by molar-refractivity contribution is 4.92. The molecule has 3 unspecified atom stereocenters. The van der Waals surface area contributed by atoms with Crippen molar-refractivity contribution in [1.82, 2.24) is 4.90 Å². The van der Waals surface area contributed by atoms with Crippen LogP contribution in [0, 0.1) is 5.92 Å². The highest BCUT2D eigenvalue weighted by Crippen LogP contribution is 2.37.